The summed E-state index contributed by atoms with van der Waals surface area (Å²) < 4.78 is 0. The van der Waals surface area contributed by atoms with Crippen molar-refractivity contribution in [3.63, 3.8) is 0 Å². The predicted octanol–water partition coefficient (Wildman–Crippen LogP) is 4.22. The van der Waals surface area contributed by atoms with E-state index in [9.17, 15) is 4.79 Å². The summed E-state index contributed by atoms with van der Waals surface area (Å²) in [7, 11) is 0. The Morgan fingerprint density at radius 3 is 2.70 bits per heavy atom. The van der Waals surface area contributed by atoms with Gasteiger partial charge in [0.1, 0.15) is 0 Å². The minimum absolute atomic E-state index is 0.0599. The lowest BCUT2D eigenvalue weighted by atomic mass is 10.0. The van der Waals surface area contributed by atoms with Gasteiger partial charge in [0.05, 0.1) is 11.4 Å². The highest BCUT2D eigenvalue weighted by Gasteiger charge is 2.12. The molecule has 1 aliphatic carbocycles. The summed E-state index contributed by atoms with van der Waals surface area (Å²) in [6.45, 7) is 1.94. The maximum Gasteiger partial charge on any atom is 0.264 e. The Labute approximate surface area is 180 Å². The number of carbonyl (C=O) groups is 1. The van der Waals surface area contributed by atoms with Gasteiger partial charge in [0.25, 0.3) is 5.91 Å². The Hall–Kier alpha value is -3.38. The van der Waals surface area contributed by atoms with Gasteiger partial charge in [-0.15, -0.1) is 5.10 Å². The molecule has 5 N–H and O–H groups in total. The van der Waals surface area contributed by atoms with Crippen molar-refractivity contribution in [2.75, 3.05) is 5.32 Å². The third-order valence-corrected chi connectivity index (χ3v) is 5.02. The Morgan fingerprint density at radius 1 is 1.20 bits per heavy atom. The Balaban J connectivity index is 1.88. The fourth-order valence-corrected chi connectivity index (χ4v) is 3.23. The second kappa shape index (κ2) is 9.89. The van der Waals surface area contributed by atoms with Crippen LogP contribution in [-0.4, -0.2) is 16.1 Å². The van der Waals surface area contributed by atoms with Crippen molar-refractivity contribution in [3.8, 4) is 0 Å². The average molecular weight is 422 g/mol. The maximum absolute atomic E-state index is 11.1. The third-order valence-electron chi connectivity index (χ3n) is 4.77. The first kappa shape index (κ1) is 21.3. The average Bonchev–Trinajstić information content (AvgIpc) is 2.96. The van der Waals surface area contributed by atoms with Crippen LogP contribution in [0.3, 0.4) is 0 Å². The van der Waals surface area contributed by atoms with Crippen molar-refractivity contribution in [1.29, 1.82) is 0 Å². The SMILES string of the molecule is C/C=C(\C/C=C(\N)C(N)=O)Cc1nnc(NC2=CC=C(Cl)C=CC2)c2ccccc12. The van der Waals surface area contributed by atoms with Crippen LogP contribution in [0.4, 0.5) is 5.82 Å². The number of anilines is 1. The lowest BCUT2D eigenvalue weighted by Gasteiger charge is -2.13. The summed E-state index contributed by atoms with van der Waals surface area (Å²) in [5.41, 5.74) is 13.8. The molecular weight excluding hydrogens is 398 g/mol. The first-order valence-electron chi connectivity index (χ1n) is 9.61. The third kappa shape index (κ3) is 5.36. The highest BCUT2D eigenvalue weighted by Crippen LogP contribution is 2.27. The molecule has 7 heteroatoms. The number of benzene rings is 1. The number of nitrogens with zero attached hydrogens (tertiary/aromatic N) is 2. The van der Waals surface area contributed by atoms with Crippen molar-refractivity contribution in [2.45, 2.75) is 26.2 Å². The minimum Gasteiger partial charge on any atom is -0.395 e. The number of aromatic nitrogens is 2. The van der Waals surface area contributed by atoms with Crippen LogP contribution in [0, 0.1) is 0 Å². The zero-order chi connectivity index (χ0) is 21.5. The van der Waals surface area contributed by atoms with Crippen LogP contribution in [0.15, 0.2) is 82.7 Å². The van der Waals surface area contributed by atoms with Gasteiger partial charge < -0.3 is 16.8 Å². The highest BCUT2D eigenvalue weighted by molar-refractivity contribution is 6.31. The molecule has 0 bridgehead atoms. The number of nitrogens with one attached hydrogen (secondary N) is 1. The molecule has 0 saturated carbocycles. The number of primary amides is 1. The van der Waals surface area contributed by atoms with Crippen LogP contribution in [0.5, 0.6) is 0 Å². The molecule has 1 aromatic carbocycles. The van der Waals surface area contributed by atoms with E-state index < -0.39 is 5.91 Å². The van der Waals surface area contributed by atoms with E-state index in [1.165, 1.54) is 0 Å². The Kier molecular flexibility index (Phi) is 7.03. The predicted molar refractivity (Wildman–Crippen MR) is 122 cm³/mol. The summed E-state index contributed by atoms with van der Waals surface area (Å²) >= 11 is 6.06. The Morgan fingerprint density at radius 2 is 1.97 bits per heavy atom. The molecule has 1 aliphatic rings. The van der Waals surface area contributed by atoms with E-state index in [0.29, 0.717) is 23.7 Å². The second-order valence-corrected chi connectivity index (χ2v) is 7.30. The molecule has 2 aromatic rings. The van der Waals surface area contributed by atoms with Crippen LogP contribution in [-0.2, 0) is 11.2 Å². The van der Waals surface area contributed by atoms with E-state index in [-0.39, 0.29) is 5.70 Å². The summed E-state index contributed by atoms with van der Waals surface area (Å²) in [5, 5.41) is 15.0. The summed E-state index contributed by atoms with van der Waals surface area (Å²) in [4.78, 5) is 11.1. The molecule has 0 radical (unpaired) electrons. The largest absolute Gasteiger partial charge is 0.395 e. The number of amides is 1. The van der Waals surface area contributed by atoms with Crippen LogP contribution >= 0.6 is 11.6 Å². The smallest absolute Gasteiger partial charge is 0.264 e. The van der Waals surface area contributed by atoms with Gasteiger partial charge in [0.2, 0.25) is 0 Å². The number of nitrogens with two attached hydrogens (primary N) is 2. The van der Waals surface area contributed by atoms with Gasteiger partial charge in [-0.25, -0.2) is 0 Å². The second-order valence-electron chi connectivity index (χ2n) is 6.87. The van der Waals surface area contributed by atoms with E-state index in [1.54, 1.807) is 6.08 Å². The molecule has 6 nitrogen and oxygen atoms in total. The lowest BCUT2D eigenvalue weighted by molar-refractivity contribution is -0.114. The standard InChI is InChI=1S/C23H24ClN5O/c1-2-15(10-13-20(25)22(26)30)14-21-18-8-3-4-9-19(18)23(29-28-21)27-17-7-5-6-16(24)11-12-17/h2-6,8-9,11-13H,7,10,14,25H2,1H3,(H2,26,30)(H,27,29)/b15-2+,20-13-. The van der Waals surface area contributed by atoms with Gasteiger partial charge in [-0.1, -0.05) is 59.7 Å². The van der Waals surface area contributed by atoms with Gasteiger partial charge in [0.15, 0.2) is 5.82 Å². The number of rotatable bonds is 7. The minimum atomic E-state index is -0.620. The summed E-state index contributed by atoms with van der Waals surface area (Å²) in [5.74, 6) is 0.0743. The molecular formula is C23H24ClN5O. The van der Waals surface area contributed by atoms with Crippen LogP contribution in [0.25, 0.3) is 10.8 Å². The first-order chi connectivity index (χ1) is 14.5. The molecule has 0 saturated heterocycles. The van der Waals surface area contributed by atoms with E-state index in [0.717, 1.165) is 34.2 Å². The fraction of sp³-hybridized carbons (Fsp3) is 0.174. The number of hydrogen-bond donors (Lipinski definition) is 3. The zero-order valence-corrected chi connectivity index (χ0v) is 17.5. The number of allylic oxidation sites excluding steroid dienone is 8. The molecule has 0 atom stereocenters. The van der Waals surface area contributed by atoms with E-state index >= 15 is 0 Å². The number of hydrogen-bond acceptors (Lipinski definition) is 5. The molecule has 154 valence electrons. The van der Waals surface area contributed by atoms with E-state index in [1.807, 2.05) is 61.6 Å². The van der Waals surface area contributed by atoms with Gasteiger partial charge in [0, 0.05) is 34.3 Å². The fourth-order valence-electron chi connectivity index (χ4n) is 3.08. The molecule has 0 fully saturated rings. The quantitative estimate of drug-likeness (QED) is 0.458. The monoisotopic (exact) mass is 421 g/mol. The van der Waals surface area contributed by atoms with Gasteiger partial charge in [-0.2, -0.15) is 5.10 Å². The van der Waals surface area contributed by atoms with E-state index in [4.69, 9.17) is 23.1 Å². The molecule has 0 unspecified atom stereocenters. The van der Waals surface area contributed by atoms with Gasteiger partial charge in [-0.3, -0.25) is 4.79 Å². The van der Waals surface area contributed by atoms with Crippen molar-refractivity contribution in [2.24, 2.45) is 11.5 Å². The van der Waals surface area contributed by atoms with Crippen molar-refractivity contribution >= 4 is 34.1 Å². The summed E-state index contributed by atoms with van der Waals surface area (Å²) in [6, 6.07) is 8.01. The lowest BCUT2D eigenvalue weighted by Crippen LogP contribution is -2.20. The van der Waals surface area contributed by atoms with Gasteiger partial charge in [-0.05, 0) is 31.6 Å². The number of carbonyl (C=O) groups excluding carboxylic acids is 1. The van der Waals surface area contributed by atoms with Crippen LogP contribution < -0.4 is 16.8 Å². The van der Waals surface area contributed by atoms with Crippen molar-refractivity contribution in [3.05, 3.63) is 88.4 Å². The topological polar surface area (TPSA) is 107 Å². The molecule has 0 aliphatic heterocycles. The molecule has 3 rings (SSSR count). The van der Waals surface area contributed by atoms with Crippen molar-refractivity contribution in [1.82, 2.24) is 10.2 Å². The summed E-state index contributed by atoms with van der Waals surface area (Å²) in [6.07, 6.45) is 13.1. The first-order valence-corrected chi connectivity index (χ1v) is 9.99. The highest BCUT2D eigenvalue weighted by atomic mass is 35.5. The van der Waals surface area contributed by atoms with Crippen LogP contribution in [0.2, 0.25) is 0 Å². The molecule has 30 heavy (non-hydrogen) atoms. The van der Waals surface area contributed by atoms with Crippen LogP contribution in [0.1, 0.15) is 25.5 Å². The zero-order valence-electron chi connectivity index (χ0n) is 16.7. The number of halogens is 1. The normalized spacial score (nSPS) is 14.9. The molecule has 1 aromatic heterocycles. The number of fused-ring (bicyclic) bond motifs is 1. The van der Waals surface area contributed by atoms with Gasteiger partial charge >= 0.3 is 0 Å². The molecule has 1 heterocycles. The van der Waals surface area contributed by atoms with E-state index in [2.05, 4.69) is 15.5 Å². The Bertz CT molecular complexity index is 1110. The molecule has 0 spiro atoms. The maximum atomic E-state index is 11.1. The molecule has 1 amide bonds. The van der Waals surface area contributed by atoms with Crippen molar-refractivity contribution < 1.29 is 4.79 Å².